The van der Waals surface area contributed by atoms with Crippen LogP contribution in [-0.2, 0) is 11.3 Å². The van der Waals surface area contributed by atoms with Crippen LogP contribution < -0.4 is 10.6 Å². The van der Waals surface area contributed by atoms with Gasteiger partial charge in [0.05, 0.1) is 6.10 Å². The third-order valence-electron chi connectivity index (χ3n) is 3.90. The molecule has 1 fully saturated rings. The quantitative estimate of drug-likeness (QED) is 0.852. The van der Waals surface area contributed by atoms with Gasteiger partial charge in [-0.25, -0.2) is 9.97 Å². The Morgan fingerprint density at radius 3 is 2.88 bits per heavy atom. The monoisotopic (exact) mass is 326 g/mol. The first kappa shape index (κ1) is 16.4. The van der Waals surface area contributed by atoms with Crippen LogP contribution in [0.3, 0.4) is 0 Å². The lowest BCUT2D eigenvalue weighted by Gasteiger charge is -2.12. The van der Waals surface area contributed by atoms with Gasteiger partial charge in [0.15, 0.2) is 0 Å². The van der Waals surface area contributed by atoms with Gasteiger partial charge in [0.25, 0.3) is 5.91 Å². The zero-order valence-corrected chi connectivity index (χ0v) is 13.8. The summed E-state index contributed by atoms with van der Waals surface area (Å²) < 4.78 is 5.58. The first-order valence-corrected chi connectivity index (χ1v) is 8.24. The first-order chi connectivity index (χ1) is 11.7. The highest BCUT2D eigenvalue weighted by molar-refractivity contribution is 5.92. The van der Waals surface area contributed by atoms with E-state index < -0.39 is 0 Å². The second-order valence-electron chi connectivity index (χ2n) is 5.87. The standard InChI is InChI=1S/C18H22N4O2/c1-13-21-16(18(23)20-11-14-6-3-2-4-7-14)10-17(22-13)19-12-15-8-5-9-24-15/h2-4,6-7,10,15H,5,8-9,11-12H2,1H3,(H,20,23)(H,19,21,22). The van der Waals surface area contributed by atoms with E-state index in [9.17, 15) is 4.79 Å². The molecule has 2 aromatic rings. The lowest BCUT2D eigenvalue weighted by molar-refractivity contribution is 0.0945. The number of carbonyl (C=O) groups is 1. The Kier molecular flexibility index (Phi) is 5.38. The van der Waals surface area contributed by atoms with Crippen LogP contribution in [0.1, 0.15) is 34.7 Å². The fourth-order valence-corrected chi connectivity index (χ4v) is 2.67. The molecule has 3 rings (SSSR count). The maximum atomic E-state index is 12.3. The van der Waals surface area contributed by atoms with Gasteiger partial charge < -0.3 is 15.4 Å². The summed E-state index contributed by atoms with van der Waals surface area (Å²) in [7, 11) is 0. The van der Waals surface area contributed by atoms with Gasteiger partial charge in [0, 0.05) is 25.8 Å². The third kappa shape index (κ3) is 4.52. The van der Waals surface area contributed by atoms with Gasteiger partial charge in [-0.2, -0.15) is 0 Å². The molecule has 0 saturated carbocycles. The predicted octanol–water partition coefficient (Wildman–Crippen LogP) is 2.31. The molecular formula is C18H22N4O2. The molecule has 1 unspecified atom stereocenters. The average Bonchev–Trinajstić information content (AvgIpc) is 3.12. The lowest BCUT2D eigenvalue weighted by atomic mass is 10.2. The molecule has 1 amide bonds. The van der Waals surface area contributed by atoms with Crippen LogP contribution in [-0.4, -0.2) is 35.1 Å². The van der Waals surface area contributed by atoms with E-state index in [4.69, 9.17) is 4.74 Å². The molecule has 1 saturated heterocycles. The predicted molar refractivity (Wildman–Crippen MR) is 91.8 cm³/mol. The number of carbonyl (C=O) groups excluding carboxylic acids is 1. The fourth-order valence-electron chi connectivity index (χ4n) is 2.67. The van der Waals surface area contributed by atoms with Crippen molar-refractivity contribution in [3.8, 4) is 0 Å². The maximum Gasteiger partial charge on any atom is 0.270 e. The molecule has 0 bridgehead atoms. The lowest BCUT2D eigenvalue weighted by Crippen LogP contribution is -2.25. The Morgan fingerprint density at radius 1 is 1.29 bits per heavy atom. The van der Waals surface area contributed by atoms with Crippen molar-refractivity contribution >= 4 is 11.7 Å². The Balaban J connectivity index is 1.60. The van der Waals surface area contributed by atoms with Crippen LogP contribution in [0.2, 0.25) is 0 Å². The van der Waals surface area contributed by atoms with Gasteiger partial charge >= 0.3 is 0 Å². The highest BCUT2D eigenvalue weighted by Gasteiger charge is 2.16. The van der Waals surface area contributed by atoms with E-state index in [1.54, 1.807) is 13.0 Å². The van der Waals surface area contributed by atoms with E-state index in [1.807, 2.05) is 30.3 Å². The van der Waals surface area contributed by atoms with Crippen LogP contribution >= 0.6 is 0 Å². The minimum Gasteiger partial charge on any atom is -0.376 e. The molecule has 1 aliphatic heterocycles. The number of anilines is 1. The molecule has 0 spiro atoms. The van der Waals surface area contributed by atoms with Gasteiger partial charge in [0.2, 0.25) is 0 Å². The number of hydrogen-bond donors (Lipinski definition) is 2. The minimum absolute atomic E-state index is 0.204. The van der Waals surface area contributed by atoms with Crippen LogP contribution in [0.15, 0.2) is 36.4 Å². The summed E-state index contributed by atoms with van der Waals surface area (Å²) in [6, 6.07) is 11.5. The van der Waals surface area contributed by atoms with E-state index in [1.165, 1.54) is 0 Å². The number of aryl methyl sites for hydroxylation is 1. The molecule has 0 aliphatic carbocycles. The van der Waals surface area contributed by atoms with E-state index in [2.05, 4.69) is 20.6 Å². The average molecular weight is 326 g/mol. The number of benzene rings is 1. The molecule has 1 atom stereocenters. The molecule has 1 aromatic heterocycles. The second kappa shape index (κ2) is 7.88. The summed E-state index contributed by atoms with van der Waals surface area (Å²) in [6.07, 6.45) is 2.37. The van der Waals surface area contributed by atoms with E-state index >= 15 is 0 Å². The molecule has 126 valence electrons. The van der Waals surface area contributed by atoms with Crippen LogP contribution in [0.4, 0.5) is 5.82 Å². The molecule has 1 aromatic carbocycles. The Bertz CT molecular complexity index is 685. The largest absolute Gasteiger partial charge is 0.376 e. The van der Waals surface area contributed by atoms with Crippen LogP contribution in [0, 0.1) is 6.92 Å². The second-order valence-corrected chi connectivity index (χ2v) is 5.87. The third-order valence-corrected chi connectivity index (χ3v) is 3.90. The topological polar surface area (TPSA) is 76.1 Å². The van der Waals surface area contributed by atoms with Gasteiger partial charge in [-0.1, -0.05) is 30.3 Å². The Hall–Kier alpha value is -2.47. The number of ether oxygens (including phenoxy) is 1. The van der Waals surface area contributed by atoms with Crippen molar-refractivity contribution in [1.82, 2.24) is 15.3 Å². The van der Waals surface area contributed by atoms with Crippen LogP contribution in [0.5, 0.6) is 0 Å². The normalized spacial score (nSPS) is 16.8. The zero-order chi connectivity index (χ0) is 16.8. The molecule has 2 N–H and O–H groups in total. The van der Waals surface area contributed by atoms with E-state index in [-0.39, 0.29) is 12.0 Å². The Morgan fingerprint density at radius 2 is 2.12 bits per heavy atom. The molecular weight excluding hydrogens is 304 g/mol. The highest BCUT2D eigenvalue weighted by Crippen LogP contribution is 2.13. The minimum atomic E-state index is -0.204. The first-order valence-electron chi connectivity index (χ1n) is 8.24. The van der Waals surface area contributed by atoms with Gasteiger partial charge in [-0.15, -0.1) is 0 Å². The summed E-state index contributed by atoms with van der Waals surface area (Å²) in [5.74, 6) is 1.02. The summed E-state index contributed by atoms with van der Waals surface area (Å²) in [5, 5.41) is 6.13. The van der Waals surface area contributed by atoms with Crippen molar-refractivity contribution < 1.29 is 9.53 Å². The molecule has 0 radical (unpaired) electrons. The maximum absolute atomic E-state index is 12.3. The SMILES string of the molecule is Cc1nc(NCC2CCCO2)cc(C(=O)NCc2ccccc2)n1. The van der Waals surface area contributed by atoms with Crippen molar-refractivity contribution in [2.24, 2.45) is 0 Å². The smallest absolute Gasteiger partial charge is 0.270 e. The number of hydrogen-bond acceptors (Lipinski definition) is 5. The number of aromatic nitrogens is 2. The fraction of sp³-hybridized carbons (Fsp3) is 0.389. The number of nitrogens with one attached hydrogen (secondary N) is 2. The number of rotatable bonds is 6. The molecule has 2 heterocycles. The van der Waals surface area contributed by atoms with Crippen molar-refractivity contribution in [1.29, 1.82) is 0 Å². The van der Waals surface area contributed by atoms with Crippen LogP contribution in [0.25, 0.3) is 0 Å². The Labute approximate surface area is 141 Å². The van der Waals surface area contributed by atoms with Gasteiger partial charge in [-0.05, 0) is 25.3 Å². The van der Waals surface area contributed by atoms with E-state index in [0.29, 0.717) is 30.4 Å². The summed E-state index contributed by atoms with van der Waals surface area (Å²) in [4.78, 5) is 20.9. The van der Waals surface area contributed by atoms with Crippen molar-refractivity contribution in [3.05, 3.63) is 53.5 Å². The summed E-state index contributed by atoms with van der Waals surface area (Å²) in [6.45, 7) is 3.77. The van der Waals surface area contributed by atoms with Crippen molar-refractivity contribution in [2.75, 3.05) is 18.5 Å². The zero-order valence-electron chi connectivity index (χ0n) is 13.8. The summed E-state index contributed by atoms with van der Waals surface area (Å²) >= 11 is 0. The van der Waals surface area contributed by atoms with E-state index in [0.717, 1.165) is 25.0 Å². The summed E-state index contributed by atoms with van der Waals surface area (Å²) in [5.41, 5.74) is 1.42. The molecule has 1 aliphatic rings. The van der Waals surface area contributed by atoms with Gasteiger partial charge in [-0.3, -0.25) is 4.79 Å². The molecule has 6 heteroatoms. The molecule has 6 nitrogen and oxygen atoms in total. The number of nitrogens with zero attached hydrogens (tertiary/aromatic N) is 2. The molecule has 24 heavy (non-hydrogen) atoms. The van der Waals surface area contributed by atoms with Gasteiger partial charge in [0.1, 0.15) is 17.3 Å². The highest BCUT2D eigenvalue weighted by atomic mass is 16.5. The van der Waals surface area contributed by atoms with Crippen molar-refractivity contribution in [3.63, 3.8) is 0 Å². The number of amides is 1. The van der Waals surface area contributed by atoms with Crippen molar-refractivity contribution in [2.45, 2.75) is 32.4 Å².